The van der Waals surface area contributed by atoms with Crippen molar-refractivity contribution in [3.63, 3.8) is 0 Å². The Balaban J connectivity index is 2.39. The largest absolute Gasteiger partial charge is 0.378 e. The van der Waals surface area contributed by atoms with Gasteiger partial charge in [0.2, 0.25) is 0 Å². The summed E-state index contributed by atoms with van der Waals surface area (Å²) in [5.41, 5.74) is 9.04. The van der Waals surface area contributed by atoms with Gasteiger partial charge in [0, 0.05) is 29.8 Å². The summed E-state index contributed by atoms with van der Waals surface area (Å²) in [7, 11) is 0. The minimum absolute atomic E-state index is 0.0539. The molecule has 0 atom stereocenters. The second kappa shape index (κ2) is 5.35. The second-order valence-electron chi connectivity index (χ2n) is 3.72. The highest BCUT2D eigenvalue weighted by molar-refractivity contribution is 5.68. The lowest BCUT2D eigenvalue weighted by atomic mass is 10.2. The van der Waals surface area contributed by atoms with Crippen molar-refractivity contribution in [2.45, 2.75) is 0 Å². The first-order chi connectivity index (χ1) is 8.72. The molecule has 0 saturated carbocycles. The summed E-state index contributed by atoms with van der Waals surface area (Å²) in [5.74, 6) is 0. The van der Waals surface area contributed by atoms with Crippen molar-refractivity contribution < 1.29 is 9.66 Å². The number of benzene rings is 1. The molecule has 8 nitrogen and oxygen atoms in total. The van der Waals surface area contributed by atoms with Crippen LogP contribution in [-0.4, -0.2) is 31.2 Å². The molecule has 0 aliphatic carbocycles. The number of rotatable bonds is 3. The molecule has 1 aromatic carbocycles. The SMILES string of the molecule is [N-]=[N+]=Nc1ccc(N2CCOCC2)c([N+](=O)[O-])c1. The molecule has 1 heterocycles. The smallest absolute Gasteiger partial charge is 0.292 e. The van der Waals surface area contributed by atoms with Crippen molar-refractivity contribution in [3.8, 4) is 0 Å². The molecule has 0 radical (unpaired) electrons. The van der Waals surface area contributed by atoms with Gasteiger partial charge in [0.25, 0.3) is 5.69 Å². The van der Waals surface area contributed by atoms with Crippen LogP contribution in [0.2, 0.25) is 0 Å². The molecule has 0 bridgehead atoms. The lowest BCUT2D eigenvalue weighted by Crippen LogP contribution is -2.36. The molecular weight excluding hydrogens is 238 g/mol. The van der Waals surface area contributed by atoms with E-state index in [4.69, 9.17) is 10.3 Å². The number of anilines is 1. The molecule has 8 heteroatoms. The van der Waals surface area contributed by atoms with Crippen molar-refractivity contribution in [1.29, 1.82) is 0 Å². The zero-order valence-corrected chi connectivity index (χ0v) is 9.52. The molecule has 1 aliphatic heterocycles. The minimum Gasteiger partial charge on any atom is -0.378 e. The molecule has 0 aromatic heterocycles. The zero-order valence-electron chi connectivity index (χ0n) is 9.52. The van der Waals surface area contributed by atoms with Crippen LogP contribution >= 0.6 is 0 Å². The number of nitro groups is 1. The standard InChI is InChI=1S/C10H11N5O3/c11-13-12-8-1-2-9(10(7-8)15(16)17)14-3-5-18-6-4-14/h1-2,7H,3-6H2. The maximum absolute atomic E-state index is 11.0. The van der Waals surface area contributed by atoms with E-state index in [0.717, 1.165) is 0 Å². The first kappa shape index (κ1) is 12.2. The third-order valence-electron chi connectivity index (χ3n) is 2.67. The normalized spacial score (nSPS) is 15.0. The molecule has 1 aromatic rings. The molecule has 94 valence electrons. The molecule has 1 aliphatic rings. The van der Waals surface area contributed by atoms with Crippen LogP contribution in [0.3, 0.4) is 0 Å². The summed E-state index contributed by atoms with van der Waals surface area (Å²) < 4.78 is 5.21. The van der Waals surface area contributed by atoms with Gasteiger partial charge < -0.3 is 9.64 Å². The number of azide groups is 1. The van der Waals surface area contributed by atoms with Crippen molar-refractivity contribution in [2.75, 3.05) is 31.2 Å². The molecule has 0 amide bonds. The van der Waals surface area contributed by atoms with Gasteiger partial charge in [-0.2, -0.15) is 0 Å². The highest BCUT2D eigenvalue weighted by Crippen LogP contribution is 2.32. The maximum atomic E-state index is 11.0. The maximum Gasteiger partial charge on any atom is 0.292 e. The molecule has 1 saturated heterocycles. The zero-order chi connectivity index (χ0) is 13.0. The Hall–Kier alpha value is -2.31. The van der Waals surface area contributed by atoms with Gasteiger partial charge >= 0.3 is 0 Å². The number of hydrogen-bond acceptors (Lipinski definition) is 5. The lowest BCUT2D eigenvalue weighted by Gasteiger charge is -2.28. The number of nitro benzene ring substituents is 1. The third-order valence-corrected chi connectivity index (χ3v) is 2.67. The summed E-state index contributed by atoms with van der Waals surface area (Å²) in [6.07, 6.45) is 0. The summed E-state index contributed by atoms with van der Waals surface area (Å²) in [6, 6.07) is 4.45. The average Bonchev–Trinajstić information content (AvgIpc) is 2.40. The van der Waals surface area contributed by atoms with Gasteiger partial charge in [-0.25, -0.2) is 0 Å². The van der Waals surface area contributed by atoms with Gasteiger partial charge in [-0.05, 0) is 11.6 Å². The molecule has 0 spiro atoms. The summed E-state index contributed by atoms with van der Waals surface area (Å²) in [6.45, 7) is 2.33. The van der Waals surface area contributed by atoms with E-state index in [-0.39, 0.29) is 11.4 Å². The van der Waals surface area contributed by atoms with E-state index in [9.17, 15) is 10.1 Å². The van der Waals surface area contributed by atoms with Crippen LogP contribution in [0.15, 0.2) is 23.3 Å². The molecule has 18 heavy (non-hydrogen) atoms. The van der Waals surface area contributed by atoms with Crippen molar-refractivity contribution >= 4 is 17.1 Å². The third kappa shape index (κ3) is 2.50. The summed E-state index contributed by atoms with van der Waals surface area (Å²) in [5, 5.41) is 14.4. The van der Waals surface area contributed by atoms with E-state index in [1.807, 2.05) is 4.90 Å². The fourth-order valence-electron chi connectivity index (χ4n) is 1.84. The van der Waals surface area contributed by atoms with Crippen molar-refractivity contribution in [3.05, 3.63) is 38.8 Å². The van der Waals surface area contributed by atoms with E-state index < -0.39 is 4.92 Å². The highest BCUT2D eigenvalue weighted by Gasteiger charge is 2.21. The van der Waals surface area contributed by atoms with Gasteiger partial charge in [0.15, 0.2) is 0 Å². The Morgan fingerprint density at radius 1 is 1.44 bits per heavy atom. The van der Waals surface area contributed by atoms with E-state index >= 15 is 0 Å². The van der Waals surface area contributed by atoms with Gasteiger partial charge in [-0.1, -0.05) is 11.2 Å². The predicted molar refractivity (Wildman–Crippen MR) is 64.9 cm³/mol. The number of hydrogen-bond donors (Lipinski definition) is 0. The van der Waals surface area contributed by atoms with Gasteiger partial charge in [0.1, 0.15) is 5.69 Å². The monoisotopic (exact) mass is 249 g/mol. The number of nitrogens with zero attached hydrogens (tertiary/aromatic N) is 5. The molecule has 1 fully saturated rings. The fraction of sp³-hybridized carbons (Fsp3) is 0.400. The first-order valence-electron chi connectivity index (χ1n) is 5.38. The Morgan fingerprint density at radius 2 is 2.17 bits per heavy atom. The Morgan fingerprint density at radius 3 is 2.78 bits per heavy atom. The number of ether oxygens (including phenoxy) is 1. The van der Waals surface area contributed by atoms with Crippen molar-refractivity contribution in [2.24, 2.45) is 5.11 Å². The molecule has 0 unspecified atom stereocenters. The minimum atomic E-state index is -0.471. The molecule has 2 rings (SSSR count). The van der Waals surface area contributed by atoms with Crippen LogP contribution in [0.25, 0.3) is 10.4 Å². The van der Waals surface area contributed by atoms with Crippen LogP contribution in [0.4, 0.5) is 17.1 Å². The fourth-order valence-corrected chi connectivity index (χ4v) is 1.84. The quantitative estimate of drug-likeness (QED) is 0.269. The van der Waals surface area contributed by atoms with Gasteiger partial charge in [0.05, 0.1) is 18.1 Å². The Kier molecular flexibility index (Phi) is 3.61. The van der Waals surface area contributed by atoms with E-state index in [0.29, 0.717) is 32.0 Å². The average molecular weight is 249 g/mol. The Bertz CT molecular complexity index is 506. The Labute approximate surface area is 103 Å². The van der Waals surface area contributed by atoms with Crippen LogP contribution in [0, 0.1) is 10.1 Å². The second-order valence-corrected chi connectivity index (χ2v) is 3.72. The first-order valence-corrected chi connectivity index (χ1v) is 5.38. The topological polar surface area (TPSA) is 104 Å². The van der Waals surface area contributed by atoms with Gasteiger partial charge in [-0.3, -0.25) is 10.1 Å². The van der Waals surface area contributed by atoms with Crippen LogP contribution in [0.1, 0.15) is 0 Å². The van der Waals surface area contributed by atoms with E-state index in [1.165, 1.54) is 6.07 Å². The lowest BCUT2D eigenvalue weighted by molar-refractivity contribution is -0.384. The van der Waals surface area contributed by atoms with E-state index in [2.05, 4.69) is 10.0 Å². The predicted octanol–water partition coefficient (Wildman–Crippen LogP) is 2.37. The summed E-state index contributed by atoms with van der Waals surface area (Å²) >= 11 is 0. The van der Waals surface area contributed by atoms with Gasteiger partial charge in [-0.15, -0.1) is 0 Å². The van der Waals surface area contributed by atoms with Crippen LogP contribution < -0.4 is 4.90 Å². The van der Waals surface area contributed by atoms with Crippen LogP contribution in [0.5, 0.6) is 0 Å². The molecule has 0 N–H and O–H groups in total. The highest BCUT2D eigenvalue weighted by atomic mass is 16.6. The summed E-state index contributed by atoms with van der Waals surface area (Å²) in [4.78, 5) is 15.1. The van der Waals surface area contributed by atoms with E-state index in [1.54, 1.807) is 12.1 Å². The molecular formula is C10H11N5O3. The number of morpholine rings is 1. The van der Waals surface area contributed by atoms with Crippen LogP contribution in [-0.2, 0) is 4.74 Å². The van der Waals surface area contributed by atoms with Crippen molar-refractivity contribution in [1.82, 2.24) is 0 Å².